The fourth-order valence-electron chi connectivity index (χ4n) is 7.43. The van der Waals surface area contributed by atoms with Crippen LogP contribution in [0.25, 0.3) is 0 Å². The fourth-order valence-corrected chi connectivity index (χ4v) is 14.3. The van der Waals surface area contributed by atoms with Gasteiger partial charge in [-0.25, -0.2) is 9.98 Å². The van der Waals surface area contributed by atoms with Crippen molar-refractivity contribution >= 4 is 188 Å². The highest BCUT2D eigenvalue weighted by Gasteiger charge is 2.38. The monoisotopic (exact) mass is 1340 g/mol. The van der Waals surface area contributed by atoms with Gasteiger partial charge in [-0.05, 0) is 94.9 Å². The molecule has 0 saturated heterocycles. The highest BCUT2D eigenvalue weighted by Crippen LogP contribution is 2.50. The molecule has 2 aliphatic rings. The van der Waals surface area contributed by atoms with E-state index in [1.165, 1.54) is 0 Å². The molecule has 2 aliphatic heterocycles. The zero-order valence-corrected chi connectivity index (χ0v) is 46.7. The fraction of sp³-hybridized carbons (Fsp3) is 0. The summed E-state index contributed by atoms with van der Waals surface area (Å²) in [6, 6.07) is 6.37. The van der Waals surface area contributed by atoms with Gasteiger partial charge < -0.3 is 30.7 Å². The van der Waals surface area contributed by atoms with Crippen molar-refractivity contribution < 1.29 is 87.3 Å². The Morgan fingerprint density at radius 3 is 1.09 bits per heavy atom. The van der Waals surface area contributed by atoms with Crippen molar-refractivity contribution in [3.8, 4) is 23.0 Å². The molecule has 9 rings (SSSR count). The van der Waals surface area contributed by atoms with Crippen LogP contribution in [0.15, 0.2) is 87.9 Å². The van der Waals surface area contributed by atoms with Gasteiger partial charge in [0, 0.05) is 5.69 Å². The number of aromatic nitrogens is 6. The molecule has 32 nitrogen and oxygen atoms in total. The van der Waals surface area contributed by atoms with Crippen LogP contribution in [0.5, 0.6) is 23.0 Å². The molecule has 0 amide bonds. The van der Waals surface area contributed by atoms with Crippen molar-refractivity contribution in [2.75, 3.05) is 21.3 Å². The minimum Gasteiger partial charge on any atom is -0.450 e. The van der Waals surface area contributed by atoms with Gasteiger partial charge in [0.1, 0.15) is 56.6 Å². The van der Waals surface area contributed by atoms with Crippen LogP contribution in [0.3, 0.4) is 0 Å². The lowest BCUT2D eigenvalue weighted by Gasteiger charge is -2.24. The van der Waals surface area contributed by atoms with E-state index in [2.05, 4.69) is 61.2 Å². The molecule has 2 aromatic heterocycles. The van der Waals surface area contributed by atoms with Gasteiger partial charge in [-0.1, -0.05) is 23.2 Å². The molecular formula is C36H18Cl6N12O20S6. The van der Waals surface area contributed by atoms with Gasteiger partial charge in [0.25, 0.3) is 60.7 Å². The summed E-state index contributed by atoms with van der Waals surface area (Å²) in [4.78, 5) is 21.3. The predicted octanol–water partition coefficient (Wildman–Crippen LogP) is 6.55. The second kappa shape index (κ2) is 20.3. The quantitative estimate of drug-likeness (QED) is 0.0516. The molecule has 0 fully saturated rings. The maximum Gasteiger partial charge on any atom is 0.300 e. The van der Waals surface area contributed by atoms with Gasteiger partial charge in [-0.15, -0.1) is 0 Å². The molecule has 4 heterocycles. The Kier molecular flexibility index (Phi) is 14.8. The summed E-state index contributed by atoms with van der Waals surface area (Å²) in [5.41, 5.74) is -6.14. The van der Waals surface area contributed by atoms with E-state index in [-0.39, 0.29) is 0 Å². The van der Waals surface area contributed by atoms with Crippen LogP contribution in [0.4, 0.5) is 57.4 Å². The first-order valence-corrected chi connectivity index (χ1v) is 30.9. The Bertz CT molecular complexity index is 4790. The van der Waals surface area contributed by atoms with Gasteiger partial charge in [0.15, 0.2) is 27.9 Å². The summed E-state index contributed by atoms with van der Waals surface area (Å²) >= 11 is 36.6. The number of halogens is 6. The van der Waals surface area contributed by atoms with E-state index >= 15 is 0 Å². The van der Waals surface area contributed by atoms with Crippen molar-refractivity contribution in [1.82, 2.24) is 29.9 Å². The molecule has 44 heteroatoms. The maximum atomic E-state index is 13.3. The third kappa shape index (κ3) is 11.5. The molecule has 80 heavy (non-hydrogen) atoms. The summed E-state index contributed by atoms with van der Waals surface area (Å²) in [6.45, 7) is 0. The summed E-state index contributed by atoms with van der Waals surface area (Å²) in [6.07, 6.45) is 0. The molecule has 0 spiro atoms. The van der Waals surface area contributed by atoms with E-state index in [0.29, 0.717) is 6.07 Å². The second-order valence-electron chi connectivity index (χ2n) is 15.4. The van der Waals surface area contributed by atoms with E-state index in [4.69, 9.17) is 79.1 Å². The Hall–Kier alpha value is -6.28. The zero-order valence-electron chi connectivity index (χ0n) is 37.3. The first-order chi connectivity index (χ1) is 36.9. The van der Waals surface area contributed by atoms with Crippen LogP contribution in [-0.4, -0.2) is 108 Å². The van der Waals surface area contributed by atoms with Gasteiger partial charge in [-0.2, -0.15) is 80.4 Å². The zero-order chi connectivity index (χ0) is 58.7. The number of nitrogens with zero attached hydrogens (tertiary/aromatic N) is 8. The molecular weight excluding hydrogens is 1330 g/mol. The Morgan fingerprint density at radius 2 is 0.700 bits per heavy atom. The highest BCUT2D eigenvalue weighted by atomic mass is 35.5. The molecule has 420 valence electrons. The van der Waals surface area contributed by atoms with Crippen LogP contribution < -0.4 is 41.5 Å². The van der Waals surface area contributed by atoms with Crippen LogP contribution in [0, 0.1) is 0 Å². The molecule has 5 aromatic carbocycles. The van der Waals surface area contributed by atoms with Crippen LogP contribution >= 0.6 is 69.6 Å². The van der Waals surface area contributed by atoms with E-state index < -0.39 is 212 Å². The number of rotatable bonds is 14. The van der Waals surface area contributed by atoms with Crippen molar-refractivity contribution in [1.29, 1.82) is 0 Å². The third-order valence-corrected chi connectivity index (χ3v) is 17.4. The minimum absolute atomic E-state index is 0.502. The molecule has 0 atom stereocenters. The van der Waals surface area contributed by atoms with Crippen LogP contribution in [0.2, 0.25) is 31.2 Å². The normalized spacial score (nSPS) is 13.2. The number of ether oxygens (including phenoxy) is 2. The van der Waals surface area contributed by atoms with Gasteiger partial charge in [0.2, 0.25) is 33.0 Å². The van der Waals surface area contributed by atoms with Crippen molar-refractivity contribution in [3.63, 3.8) is 0 Å². The van der Waals surface area contributed by atoms with E-state index in [1.54, 1.807) is 0 Å². The van der Waals surface area contributed by atoms with E-state index in [1.807, 2.05) is 0 Å². The Morgan fingerprint density at radius 1 is 0.362 bits per heavy atom. The lowest BCUT2D eigenvalue weighted by molar-refractivity contribution is 0.428. The van der Waals surface area contributed by atoms with Gasteiger partial charge in [0.05, 0.1) is 28.4 Å². The van der Waals surface area contributed by atoms with E-state index in [9.17, 15) is 77.8 Å². The Balaban J connectivity index is 1.16. The molecule has 10 N–H and O–H groups in total. The van der Waals surface area contributed by atoms with Crippen LogP contribution in [-0.2, 0) is 60.7 Å². The number of benzene rings is 5. The minimum atomic E-state index is -5.80. The summed E-state index contributed by atoms with van der Waals surface area (Å²) < 4.78 is 229. The number of hydrogen-bond donors (Lipinski definition) is 10. The first kappa shape index (κ1) is 58.4. The lowest BCUT2D eigenvalue weighted by atomic mass is 10.1. The van der Waals surface area contributed by atoms with Gasteiger partial charge >= 0.3 is 0 Å². The first-order valence-electron chi connectivity index (χ1n) is 20.0. The molecule has 0 radical (unpaired) electrons. The molecule has 0 aliphatic carbocycles. The maximum absolute atomic E-state index is 13.3. The average molecular weight is 1340 g/mol. The third-order valence-electron chi connectivity index (χ3n) is 10.2. The summed E-state index contributed by atoms with van der Waals surface area (Å²) in [7, 11) is -34.0. The number of hydrogen-bond acceptors (Lipinski definition) is 26. The summed E-state index contributed by atoms with van der Waals surface area (Å²) in [5, 5.41) is 4.54. The molecule has 0 saturated carbocycles. The van der Waals surface area contributed by atoms with Crippen molar-refractivity contribution in [2.24, 2.45) is 9.98 Å². The number of nitrogens with one attached hydrogen (secondary N) is 4. The van der Waals surface area contributed by atoms with E-state index in [0.717, 1.165) is 42.5 Å². The second-order valence-corrected chi connectivity index (χ2v) is 25.7. The highest BCUT2D eigenvalue weighted by molar-refractivity contribution is 7.90. The number of fused-ring (bicyclic) bond motifs is 4. The largest absolute Gasteiger partial charge is 0.450 e. The van der Waals surface area contributed by atoms with Gasteiger partial charge in [-0.3, -0.25) is 27.3 Å². The summed E-state index contributed by atoms with van der Waals surface area (Å²) in [5.74, 6) is -4.25. The molecule has 0 bridgehead atoms. The van der Waals surface area contributed by atoms with Crippen molar-refractivity contribution in [3.05, 3.63) is 90.4 Å². The SMILES string of the molecule is O=S(=O)(O)c1cc(Nc2ccc(Nc3nc(Cl)nc(Cl)n3)c(S(=O)(=O)O)c2S(=O)(=O)O)cc2c1Oc1c(Cl)c3c(c(Cl)c1=N2)Oc1c(ccc(Nc2ccc(Nc4nc(Cl)nc(Cl)n4)c(S(=O)(=O)O)c2S(=O)(=O)O)c1S(=O)(=O)O)N=3. The predicted molar refractivity (Wildman–Crippen MR) is 276 cm³/mol. The van der Waals surface area contributed by atoms with Crippen molar-refractivity contribution in [2.45, 2.75) is 29.4 Å². The number of anilines is 8. The molecule has 0 unspecified atom stereocenters. The molecule has 7 aromatic rings. The standard InChI is InChI=1S/C36H18Cl6N12O20S6/c37-18-20-25(74-23-10(45-20)1-2-11(26(23)76(58,59)60)44-13-4-6-15(48-36-53-33(41)50-34(42)54-36)30(80(70,71)72)28(13)78(64,65)66)19(38)21-24(18)73-22-16(46-21)7-9(8-17(22)75(55,56)57)43-12-3-5-14(47-35-51-31(39)49-32(40)52-35)29(79(67,68)69)27(12)77(61,62)63/h1-8,43-44H,(H,55,56,57)(H,58,59,60)(H,61,62,63)(H,64,65,66)(H,67,68,69)(H,70,71,72)(H,47,49,51,52)(H,48,50,53,54). The van der Waals surface area contributed by atoms with Crippen LogP contribution in [0.1, 0.15) is 0 Å². The smallest absolute Gasteiger partial charge is 0.300 e. The topological polar surface area (TPSA) is 495 Å². The lowest BCUT2D eigenvalue weighted by Crippen LogP contribution is -2.23. The average Bonchev–Trinajstić information content (AvgIpc) is 3.45. The Labute approximate surface area is 475 Å².